The molecule has 1 aromatic carbocycles. The Morgan fingerprint density at radius 1 is 1.33 bits per heavy atom. The van der Waals surface area contributed by atoms with Crippen molar-refractivity contribution in [2.24, 2.45) is 0 Å². The molecule has 0 aliphatic rings. The number of amides is 1. The zero-order chi connectivity index (χ0) is 18.3. The second-order valence-corrected chi connectivity index (χ2v) is 8.06. The van der Waals surface area contributed by atoms with Gasteiger partial charge in [0, 0.05) is 26.1 Å². The van der Waals surface area contributed by atoms with Gasteiger partial charge in [-0.2, -0.15) is 0 Å². The maximum absolute atomic E-state index is 12.1. The number of aryl methyl sites for hydroxylation is 2. The number of hydrogen-bond donors (Lipinski definition) is 1. The van der Waals surface area contributed by atoms with Crippen LogP contribution in [0.2, 0.25) is 0 Å². The molecule has 7 heteroatoms. The van der Waals surface area contributed by atoms with Crippen LogP contribution in [0.15, 0.2) is 18.2 Å². The van der Waals surface area contributed by atoms with Gasteiger partial charge in [0.25, 0.3) is 0 Å². The van der Waals surface area contributed by atoms with Crippen LogP contribution in [-0.2, 0) is 19.6 Å². The summed E-state index contributed by atoms with van der Waals surface area (Å²) >= 11 is 0. The number of nitrogens with zero attached hydrogens (tertiary/aromatic N) is 1. The molecule has 0 spiro atoms. The van der Waals surface area contributed by atoms with Gasteiger partial charge >= 0.3 is 0 Å². The van der Waals surface area contributed by atoms with E-state index in [1.165, 1.54) is 10.6 Å². The van der Waals surface area contributed by atoms with Crippen molar-refractivity contribution >= 4 is 21.6 Å². The van der Waals surface area contributed by atoms with Gasteiger partial charge in [-0.1, -0.05) is 12.1 Å². The third-order valence-electron chi connectivity index (χ3n) is 3.62. The number of methoxy groups -OCH3 is 1. The summed E-state index contributed by atoms with van der Waals surface area (Å²) in [4.78, 5) is 11.9. The van der Waals surface area contributed by atoms with Crippen LogP contribution < -0.4 is 9.62 Å². The van der Waals surface area contributed by atoms with Crippen LogP contribution in [0, 0.1) is 13.8 Å². The van der Waals surface area contributed by atoms with Crippen LogP contribution >= 0.6 is 0 Å². The molecule has 136 valence electrons. The molecule has 0 aromatic heterocycles. The van der Waals surface area contributed by atoms with E-state index in [4.69, 9.17) is 4.74 Å². The van der Waals surface area contributed by atoms with Gasteiger partial charge in [-0.25, -0.2) is 8.42 Å². The lowest BCUT2D eigenvalue weighted by Crippen LogP contribution is -2.36. The number of benzene rings is 1. The standard InChI is InChI=1S/C17H28N2O4S/c1-13-8-9-14(2)16(11-13)19(24(5,21)22)10-6-7-17(20)18-15(3)12-23-4/h8-9,11,15H,6-7,10,12H2,1-5H3,(H,18,20). The van der Waals surface area contributed by atoms with Gasteiger partial charge in [0.15, 0.2) is 0 Å². The van der Waals surface area contributed by atoms with E-state index in [9.17, 15) is 13.2 Å². The van der Waals surface area contributed by atoms with E-state index in [0.717, 1.165) is 11.1 Å². The summed E-state index contributed by atoms with van der Waals surface area (Å²) in [6.45, 7) is 6.39. The zero-order valence-electron chi connectivity index (χ0n) is 15.1. The highest BCUT2D eigenvalue weighted by atomic mass is 32.2. The molecule has 0 saturated carbocycles. The number of rotatable bonds is 9. The predicted molar refractivity (Wildman–Crippen MR) is 96.8 cm³/mol. The molecular formula is C17H28N2O4S. The van der Waals surface area contributed by atoms with Crippen LogP contribution in [-0.4, -0.2) is 46.9 Å². The van der Waals surface area contributed by atoms with E-state index in [-0.39, 0.29) is 24.9 Å². The van der Waals surface area contributed by atoms with E-state index in [1.54, 1.807) is 7.11 Å². The van der Waals surface area contributed by atoms with Crippen LogP contribution in [0.1, 0.15) is 30.9 Å². The topological polar surface area (TPSA) is 75.7 Å². The molecule has 0 bridgehead atoms. The summed E-state index contributed by atoms with van der Waals surface area (Å²) in [6.07, 6.45) is 1.91. The fourth-order valence-corrected chi connectivity index (χ4v) is 3.49. The highest BCUT2D eigenvalue weighted by Gasteiger charge is 2.19. The van der Waals surface area contributed by atoms with Gasteiger partial charge in [0.05, 0.1) is 18.6 Å². The first-order chi connectivity index (χ1) is 11.1. The normalized spacial score (nSPS) is 12.7. The van der Waals surface area contributed by atoms with Gasteiger partial charge in [0.2, 0.25) is 15.9 Å². The van der Waals surface area contributed by atoms with Crippen molar-refractivity contribution in [2.45, 2.75) is 39.7 Å². The Hall–Kier alpha value is -1.60. The quantitative estimate of drug-likeness (QED) is 0.734. The molecular weight excluding hydrogens is 328 g/mol. The summed E-state index contributed by atoms with van der Waals surface area (Å²) < 4.78 is 30.6. The monoisotopic (exact) mass is 356 g/mol. The van der Waals surface area contributed by atoms with Crippen molar-refractivity contribution in [3.05, 3.63) is 29.3 Å². The van der Waals surface area contributed by atoms with E-state index in [1.807, 2.05) is 39.0 Å². The Balaban J connectivity index is 2.73. The highest BCUT2D eigenvalue weighted by molar-refractivity contribution is 7.92. The van der Waals surface area contributed by atoms with Crippen LogP contribution in [0.4, 0.5) is 5.69 Å². The summed E-state index contributed by atoms with van der Waals surface area (Å²) in [6, 6.07) is 5.65. The molecule has 0 radical (unpaired) electrons. The van der Waals surface area contributed by atoms with Crippen LogP contribution in [0.5, 0.6) is 0 Å². The Labute approximate surface area is 145 Å². The number of sulfonamides is 1. The third kappa shape index (κ3) is 6.49. The Morgan fingerprint density at radius 3 is 2.58 bits per heavy atom. The fraction of sp³-hybridized carbons (Fsp3) is 0.588. The largest absolute Gasteiger partial charge is 0.383 e. The van der Waals surface area contributed by atoms with E-state index in [2.05, 4.69) is 5.32 Å². The first-order valence-corrected chi connectivity index (χ1v) is 9.83. The Bertz CT molecular complexity index is 659. The van der Waals surface area contributed by atoms with Gasteiger partial charge in [-0.3, -0.25) is 9.10 Å². The number of anilines is 1. The van der Waals surface area contributed by atoms with E-state index < -0.39 is 10.0 Å². The van der Waals surface area contributed by atoms with Gasteiger partial charge < -0.3 is 10.1 Å². The molecule has 6 nitrogen and oxygen atoms in total. The SMILES string of the molecule is COCC(C)NC(=O)CCCN(c1cc(C)ccc1C)S(C)(=O)=O. The fourth-order valence-electron chi connectivity index (χ4n) is 2.47. The van der Waals surface area contributed by atoms with E-state index in [0.29, 0.717) is 18.7 Å². The van der Waals surface area contributed by atoms with E-state index >= 15 is 0 Å². The molecule has 24 heavy (non-hydrogen) atoms. The highest BCUT2D eigenvalue weighted by Crippen LogP contribution is 2.24. The predicted octanol–water partition coefficient (Wildman–Crippen LogP) is 2.00. The molecule has 1 rings (SSSR count). The molecule has 1 unspecified atom stereocenters. The molecule has 0 aliphatic heterocycles. The van der Waals surface area contributed by atoms with Crippen molar-refractivity contribution in [2.75, 3.05) is 30.8 Å². The number of hydrogen-bond acceptors (Lipinski definition) is 4. The van der Waals surface area contributed by atoms with Crippen molar-refractivity contribution in [3.63, 3.8) is 0 Å². The minimum absolute atomic E-state index is 0.0625. The smallest absolute Gasteiger partial charge is 0.232 e. The second kappa shape index (κ2) is 9.03. The molecule has 1 amide bonds. The first kappa shape index (κ1) is 20.4. The lowest BCUT2D eigenvalue weighted by Gasteiger charge is -2.24. The third-order valence-corrected chi connectivity index (χ3v) is 4.80. The average Bonchev–Trinajstić information content (AvgIpc) is 2.45. The van der Waals surface area contributed by atoms with Crippen molar-refractivity contribution in [1.82, 2.24) is 5.32 Å². The molecule has 0 fully saturated rings. The summed E-state index contributed by atoms with van der Waals surface area (Å²) in [7, 11) is -1.83. The summed E-state index contributed by atoms with van der Waals surface area (Å²) in [5.41, 5.74) is 2.56. The molecule has 1 atom stereocenters. The number of carbonyl (C=O) groups is 1. The summed E-state index contributed by atoms with van der Waals surface area (Å²) in [5.74, 6) is -0.103. The molecule has 0 aliphatic carbocycles. The number of ether oxygens (including phenoxy) is 1. The minimum Gasteiger partial charge on any atom is -0.383 e. The average molecular weight is 356 g/mol. The van der Waals surface area contributed by atoms with Crippen LogP contribution in [0.3, 0.4) is 0 Å². The molecule has 0 heterocycles. The molecule has 0 saturated heterocycles. The molecule has 1 aromatic rings. The second-order valence-electron chi connectivity index (χ2n) is 6.15. The first-order valence-electron chi connectivity index (χ1n) is 7.98. The molecule has 1 N–H and O–H groups in total. The van der Waals surface area contributed by atoms with Gasteiger partial charge in [-0.15, -0.1) is 0 Å². The maximum atomic E-state index is 12.1. The van der Waals surface area contributed by atoms with Gasteiger partial charge in [0.1, 0.15) is 0 Å². The minimum atomic E-state index is -3.41. The van der Waals surface area contributed by atoms with Gasteiger partial charge in [-0.05, 0) is 44.4 Å². The van der Waals surface area contributed by atoms with Crippen molar-refractivity contribution < 1.29 is 17.9 Å². The Kier molecular flexibility index (Phi) is 7.69. The maximum Gasteiger partial charge on any atom is 0.232 e. The van der Waals surface area contributed by atoms with Crippen molar-refractivity contribution in [1.29, 1.82) is 0 Å². The van der Waals surface area contributed by atoms with Crippen LogP contribution in [0.25, 0.3) is 0 Å². The summed E-state index contributed by atoms with van der Waals surface area (Å²) in [5, 5.41) is 2.82. The number of nitrogens with one attached hydrogen (secondary N) is 1. The van der Waals surface area contributed by atoms with Crippen molar-refractivity contribution in [3.8, 4) is 0 Å². The lowest BCUT2D eigenvalue weighted by molar-refractivity contribution is -0.122. The lowest BCUT2D eigenvalue weighted by atomic mass is 10.1. The number of carbonyl (C=O) groups excluding carboxylic acids is 1. The Morgan fingerprint density at radius 2 is 2.00 bits per heavy atom. The zero-order valence-corrected chi connectivity index (χ0v) is 15.9.